The summed E-state index contributed by atoms with van der Waals surface area (Å²) in [6.07, 6.45) is 2.58. The number of nitrogens with one attached hydrogen (secondary N) is 2. The van der Waals surface area contributed by atoms with Gasteiger partial charge in [0.15, 0.2) is 5.96 Å². The Hall–Kier alpha value is -1.56. The van der Waals surface area contributed by atoms with Gasteiger partial charge in [0.1, 0.15) is 16.4 Å². The number of halogens is 1. The van der Waals surface area contributed by atoms with Gasteiger partial charge >= 0.3 is 0 Å². The van der Waals surface area contributed by atoms with Crippen LogP contribution >= 0.6 is 24.0 Å². The van der Waals surface area contributed by atoms with E-state index in [9.17, 15) is 13.2 Å². The standard InChI is InChI=1S/C20H35N5O3S.HI/c1-17(12-15-29(5,27)28)23-20(22-16-19(26)24(2)3)21-13-9-14-25(4)18-10-7-6-8-11-18;/h6-8,10-11,17H,9,12-16H2,1-5H3,(H2,21,22,23);1H. The second kappa shape index (κ2) is 14.4. The Balaban J connectivity index is 0.00000841. The highest BCUT2D eigenvalue weighted by Crippen LogP contribution is 2.10. The van der Waals surface area contributed by atoms with Gasteiger partial charge in [-0.3, -0.25) is 4.79 Å². The summed E-state index contributed by atoms with van der Waals surface area (Å²) in [6, 6.07) is 10.1. The maximum atomic E-state index is 11.8. The van der Waals surface area contributed by atoms with Gasteiger partial charge in [0.2, 0.25) is 5.91 Å². The number of para-hydroxylation sites is 1. The molecule has 0 aliphatic heterocycles. The predicted molar refractivity (Wildman–Crippen MR) is 136 cm³/mol. The van der Waals surface area contributed by atoms with Gasteiger partial charge in [0.25, 0.3) is 0 Å². The second-order valence-electron chi connectivity index (χ2n) is 7.45. The first kappa shape index (κ1) is 28.4. The van der Waals surface area contributed by atoms with Crippen molar-refractivity contribution in [2.75, 3.05) is 57.7 Å². The fraction of sp³-hybridized carbons (Fsp3) is 0.600. The average Bonchev–Trinajstić information content (AvgIpc) is 2.67. The van der Waals surface area contributed by atoms with Crippen molar-refractivity contribution in [2.24, 2.45) is 4.99 Å². The van der Waals surface area contributed by atoms with Crippen molar-refractivity contribution < 1.29 is 13.2 Å². The highest BCUT2D eigenvalue weighted by atomic mass is 127. The quantitative estimate of drug-likeness (QED) is 0.187. The van der Waals surface area contributed by atoms with E-state index in [1.54, 1.807) is 14.1 Å². The number of aliphatic imine (C=N–C) groups is 1. The third-order valence-electron chi connectivity index (χ3n) is 4.34. The minimum Gasteiger partial charge on any atom is -0.375 e. The largest absolute Gasteiger partial charge is 0.375 e. The molecule has 1 atom stereocenters. The summed E-state index contributed by atoms with van der Waals surface area (Å²) >= 11 is 0. The average molecular weight is 554 g/mol. The van der Waals surface area contributed by atoms with Crippen LogP contribution in [0.5, 0.6) is 0 Å². The number of likely N-dealkylation sites (N-methyl/N-ethyl adjacent to an activating group) is 1. The predicted octanol–water partition coefficient (Wildman–Crippen LogP) is 1.58. The van der Waals surface area contributed by atoms with E-state index in [1.165, 1.54) is 11.2 Å². The molecule has 0 heterocycles. The molecule has 30 heavy (non-hydrogen) atoms. The fourth-order valence-electron chi connectivity index (χ4n) is 2.47. The van der Waals surface area contributed by atoms with Crippen molar-refractivity contribution in [1.82, 2.24) is 15.5 Å². The number of benzene rings is 1. The SMILES string of the molecule is CC(CCS(C)(=O)=O)NC(=NCC(=O)N(C)C)NCCCN(C)c1ccccc1.I. The molecule has 172 valence electrons. The van der Waals surface area contributed by atoms with Gasteiger partial charge in [0, 0.05) is 52.2 Å². The van der Waals surface area contributed by atoms with Crippen LogP contribution in [0.2, 0.25) is 0 Å². The van der Waals surface area contributed by atoms with E-state index >= 15 is 0 Å². The molecular formula is C20H36IN5O3S. The van der Waals surface area contributed by atoms with Crippen LogP contribution < -0.4 is 15.5 Å². The van der Waals surface area contributed by atoms with Crippen molar-refractivity contribution in [3.8, 4) is 0 Å². The molecule has 2 N–H and O–H groups in total. The molecule has 10 heteroatoms. The summed E-state index contributed by atoms with van der Waals surface area (Å²) in [5, 5.41) is 6.43. The number of sulfone groups is 1. The topological polar surface area (TPSA) is 94.1 Å². The summed E-state index contributed by atoms with van der Waals surface area (Å²) in [7, 11) is 2.41. The highest BCUT2D eigenvalue weighted by molar-refractivity contribution is 14.0. The van der Waals surface area contributed by atoms with Gasteiger partial charge in [-0.25, -0.2) is 13.4 Å². The number of carbonyl (C=O) groups excluding carboxylic acids is 1. The Kier molecular flexibility index (Phi) is 13.7. The summed E-state index contributed by atoms with van der Waals surface area (Å²) in [5.74, 6) is 0.523. The van der Waals surface area contributed by atoms with Gasteiger partial charge in [-0.2, -0.15) is 0 Å². The minimum absolute atomic E-state index is 0. The summed E-state index contributed by atoms with van der Waals surface area (Å²) in [4.78, 5) is 19.9. The second-order valence-corrected chi connectivity index (χ2v) is 9.71. The van der Waals surface area contributed by atoms with Gasteiger partial charge < -0.3 is 20.4 Å². The van der Waals surface area contributed by atoms with E-state index in [4.69, 9.17) is 0 Å². The number of hydrogen-bond donors (Lipinski definition) is 2. The highest BCUT2D eigenvalue weighted by Gasteiger charge is 2.11. The van der Waals surface area contributed by atoms with Gasteiger partial charge in [-0.1, -0.05) is 18.2 Å². The van der Waals surface area contributed by atoms with Crippen molar-refractivity contribution in [3.63, 3.8) is 0 Å². The number of amides is 1. The molecular weight excluding hydrogens is 517 g/mol. The molecule has 0 spiro atoms. The van der Waals surface area contributed by atoms with Crippen LogP contribution in [0.1, 0.15) is 19.8 Å². The molecule has 0 fully saturated rings. The monoisotopic (exact) mass is 553 g/mol. The summed E-state index contributed by atoms with van der Waals surface area (Å²) in [5.41, 5.74) is 1.16. The number of carbonyl (C=O) groups is 1. The zero-order chi connectivity index (χ0) is 21.9. The molecule has 0 aliphatic carbocycles. The van der Waals surface area contributed by atoms with Crippen molar-refractivity contribution >= 4 is 51.4 Å². The normalized spacial score (nSPS) is 12.5. The van der Waals surface area contributed by atoms with Crippen LogP contribution in [-0.4, -0.2) is 84.0 Å². The molecule has 1 rings (SSSR count). The van der Waals surface area contributed by atoms with E-state index < -0.39 is 9.84 Å². The number of hydrogen-bond acceptors (Lipinski definition) is 5. The van der Waals surface area contributed by atoms with Crippen LogP contribution in [0.4, 0.5) is 5.69 Å². The van der Waals surface area contributed by atoms with Crippen LogP contribution in [0.25, 0.3) is 0 Å². The molecule has 0 radical (unpaired) electrons. The lowest BCUT2D eigenvalue weighted by atomic mass is 10.2. The molecule has 0 saturated carbocycles. The van der Waals surface area contributed by atoms with Crippen molar-refractivity contribution in [3.05, 3.63) is 30.3 Å². The molecule has 0 saturated heterocycles. The van der Waals surface area contributed by atoms with E-state index in [1.807, 2.05) is 32.2 Å². The first-order valence-electron chi connectivity index (χ1n) is 9.77. The molecule has 0 bridgehead atoms. The molecule has 0 aliphatic rings. The van der Waals surface area contributed by atoms with E-state index in [0.717, 1.165) is 18.7 Å². The van der Waals surface area contributed by atoms with Crippen molar-refractivity contribution in [1.29, 1.82) is 0 Å². The van der Waals surface area contributed by atoms with E-state index in [2.05, 4.69) is 32.7 Å². The van der Waals surface area contributed by atoms with Gasteiger partial charge in [-0.15, -0.1) is 24.0 Å². The number of anilines is 1. The zero-order valence-electron chi connectivity index (χ0n) is 18.6. The first-order chi connectivity index (χ1) is 13.6. The number of rotatable bonds is 11. The maximum absolute atomic E-state index is 11.8. The lowest BCUT2D eigenvalue weighted by molar-refractivity contribution is -0.127. The van der Waals surface area contributed by atoms with Crippen LogP contribution in [-0.2, 0) is 14.6 Å². The Morgan fingerprint density at radius 3 is 2.37 bits per heavy atom. The molecule has 1 aromatic rings. The lowest BCUT2D eigenvalue weighted by Gasteiger charge is -2.21. The van der Waals surface area contributed by atoms with Gasteiger partial charge in [-0.05, 0) is 31.9 Å². The van der Waals surface area contributed by atoms with Crippen LogP contribution in [0.3, 0.4) is 0 Å². The molecule has 0 aromatic heterocycles. The van der Waals surface area contributed by atoms with Crippen molar-refractivity contribution in [2.45, 2.75) is 25.8 Å². The zero-order valence-corrected chi connectivity index (χ0v) is 21.7. The first-order valence-corrected chi connectivity index (χ1v) is 11.8. The third-order valence-corrected chi connectivity index (χ3v) is 5.31. The van der Waals surface area contributed by atoms with Gasteiger partial charge in [0.05, 0.1) is 5.75 Å². The summed E-state index contributed by atoms with van der Waals surface area (Å²) in [6.45, 7) is 3.48. The Morgan fingerprint density at radius 2 is 1.80 bits per heavy atom. The van der Waals surface area contributed by atoms with E-state index in [-0.39, 0.29) is 48.2 Å². The lowest BCUT2D eigenvalue weighted by Crippen LogP contribution is -2.44. The fourth-order valence-corrected chi connectivity index (χ4v) is 3.25. The Labute approximate surface area is 198 Å². The smallest absolute Gasteiger partial charge is 0.243 e. The Morgan fingerprint density at radius 1 is 1.17 bits per heavy atom. The minimum atomic E-state index is -3.02. The maximum Gasteiger partial charge on any atom is 0.243 e. The molecule has 8 nitrogen and oxygen atoms in total. The molecule has 1 amide bonds. The van der Waals surface area contributed by atoms with Crippen LogP contribution in [0, 0.1) is 0 Å². The molecule has 1 unspecified atom stereocenters. The third kappa shape index (κ3) is 12.9. The van der Waals surface area contributed by atoms with Crippen LogP contribution in [0.15, 0.2) is 35.3 Å². The number of guanidine groups is 1. The number of nitrogens with zero attached hydrogens (tertiary/aromatic N) is 3. The van der Waals surface area contributed by atoms with E-state index in [0.29, 0.717) is 18.9 Å². The summed E-state index contributed by atoms with van der Waals surface area (Å²) < 4.78 is 22.7. The Bertz CT molecular complexity index is 757. The molecule has 1 aromatic carbocycles.